The van der Waals surface area contributed by atoms with Gasteiger partial charge < -0.3 is 19.7 Å². The van der Waals surface area contributed by atoms with Crippen molar-refractivity contribution in [2.75, 3.05) is 33.4 Å². The predicted molar refractivity (Wildman–Crippen MR) is 81.8 cm³/mol. The van der Waals surface area contributed by atoms with E-state index in [9.17, 15) is 4.79 Å². The maximum atomic E-state index is 12.1. The average Bonchev–Trinajstić information content (AvgIpc) is 3.05. The van der Waals surface area contributed by atoms with Gasteiger partial charge in [0.1, 0.15) is 11.5 Å². The normalized spacial score (nSPS) is 17.5. The van der Waals surface area contributed by atoms with Crippen LogP contribution in [0.25, 0.3) is 0 Å². The first-order valence-corrected chi connectivity index (χ1v) is 7.52. The van der Waals surface area contributed by atoms with Gasteiger partial charge in [-0.3, -0.25) is 4.79 Å². The number of ether oxygens (including phenoxy) is 2. The van der Waals surface area contributed by atoms with Crippen LogP contribution in [-0.2, 0) is 4.79 Å². The van der Waals surface area contributed by atoms with E-state index in [1.54, 1.807) is 4.90 Å². The molecule has 1 fully saturated rings. The first-order chi connectivity index (χ1) is 10.2. The van der Waals surface area contributed by atoms with Crippen molar-refractivity contribution < 1.29 is 14.3 Å². The van der Waals surface area contributed by atoms with Crippen molar-refractivity contribution >= 4 is 5.91 Å². The smallest absolute Gasteiger partial charge is 0.260 e. The van der Waals surface area contributed by atoms with Gasteiger partial charge in [-0.05, 0) is 43.7 Å². The summed E-state index contributed by atoms with van der Waals surface area (Å²) in [5.74, 6) is 1.52. The van der Waals surface area contributed by atoms with E-state index in [1.165, 1.54) is 0 Å². The Labute approximate surface area is 126 Å². The van der Waals surface area contributed by atoms with E-state index in [0.29, 0.717) is 12.4 Å². The maximum Gasteiger partial charge on any atom is 0.260 e. The van der Waals surface area contributed by atoms with Crippen LogP contribution in [-0.4, -0.2) is 50.2 Å². The Balaban J connectivity index is 1.77. The molecule has 1 atom stereocenters. The van der Waals surface area contributed by atoms with Crippen LogP contribution >= 0.6 is 0 Å². The van der Waals surface area contributed by atoms with Gasteiger partial charge in [0.05, 0.1) is 6.61 Å². The van der Waals surface area contributed by atoms with Crippen molar-refractivity contribution in [1.29, 1.82) is 0 Å². The maximum absolute atomic E-state index is 12.1. The highest BCUT2D eigenvalue weighted by Crippen LogP contribution is 2.18. The lowest BCUT2D eigenvalue weighted by molar-refractivity contribution is -0.133. The Morgan fingerprint density at radius 3 is 2.52 bits per heavy atom. The molecule has 1 unspecified atom stereocenters. The minimum atomic E-state index is 0.00927. The lowest BCUT2D eigenvalue weighted by atomic mass is 10.2. The van der Waals surface area contributed by atoms with Crippen molar-refractivity contribution in [2.45, 2.75) is 25.8 Å². The molecule has 5 nitrogen and oxygen atoms in total. The lowest BCUT2D eigenvalue weighted by Gasteiger charge is -2.23. The third-order valence-corrected chi connectivity index (χ3v) is 3.63. The number of rotatable bonds is 7. The van der Waals surface area contributed by atoms with Gasteiger partial charge >= 0.3 is 0 Å². The van der Waals surface area contributed by atoms with Crippen molar-refractivity contribution in [2.24, 2.45) is 0 Å². The Morgan fingerprint density at radius 1 is 1.29 bits per heavy atom. The van der Waals surface area contributed by atoms with Crippen LogP contribution in [0.15, 0.2) is 24.3 Å². The molecule has 2 rings (SSSR count). The lowest BCUT2D eigenvalue weighted by Crippen LogP contribution is -2.40. The van der Waals surface area contributed by atoms with E-state index in [1.807, 2.05) is 31.3 Å². The summed E-state index contributed by atoms with van der Waals surface area (Å²) in [7, 11) is 1.84. The van der Waals surface area contributed by atoms with Crippen LogP contribution < -0.4 is 14.8 Å². The van der Waals surface area contributed by atoms with Gasteiger partial charge in [0, 0.05) is 19.6 Å². The molecule has 0 aromatic heterocycles. The first kappa shape index (κ1) is 15.6. The molecule has 5 heteroatoms. The highest BCUT2D eigenvalue weighted by molar-refractivity contribution is 5.77. The summed E-state index contributed by atoms with van der Waals surface area (Å²) in [4.78, 5) is 13.8. The van der Waals surface area contributed by atoms with Crippen molar-refractivity contribution in [3.63, 3.8) is 0 Å². The van der Waals surface area contributed by atoms with E-state index in [-0.39, 0.29) is 18.6 Å². The number of likely N-dealkylation sites (N-methyl/N-ethyl adjacent to an activating group) is 1. The molecule has 1 aliphatic heterocycles. The monoisotopic (exact) mass is 292 g/mol. The molecule has 1 saturated heterocycles. The summed E-state index contributed by atoms with van der Waals surface area (Å²) in [6.07, 6.45) is 1.99. The SMILES string of the molecule is CCCOc1ccc(OCC(=O)N(C)C2CCNC2)cc1. The van der Waals surface area contributed by atoms with Crippen LogP contribution in [0.5, 0.6) is 11.5 Å². The van der Waals surface area contributed by atoms with Gasteiger partial charge in [0.15, 0.2) is 6.61 Å². The summed E-state index contributed by atoms with van der Waals surface area (Å²) < 4.78 is 11.0. The van der Waals surface area contributed by atoms with E-state index in [0.717, 1.165) is 31.7 Å². The predicted octanol–water partition coefficient (Wildman–Crippen LogP) is 1.67. The molecule has 1 amide bonds. The minimum Gasteiger partial charge on any atom is -0.494 e. The molecule has 0 aliphatic carbocycles. The molecular weight excluding hydrogens is 268 g/mol. The second kappa shape index (κ2) is 7.88. The number of carbonyl (C=O) groups excluding carboxylic acids is 1. The van der Waals surface area contributed by atoms with Gasteiger partial charge in [-0.25, -0.2) is 0 Å². The van der Waals surface area contributed by atoms with Gasteiger partial charge in [-0.2, -0.15) is 0 Å². The van der Waals surface area contributed by atoms with Crippen molar-refractivity contribution in [3.05, 3.63) is 24.3 Å². The topological polar surface area (TPSA) is 50.8 Å². The first-order valence-electron chi connectivity index (χ1n) is 7.52. The molecule has 0 bridgehead atoms. The third-order valence-electron chi connectivity index (χ3n) is 3.63. The fourth-order valence-corrected chi connectivity index (χ4v) is 2.27. The second-order valence-corrected chi connectivity index (χ2v) is 5.26. The highest BCUT2D eigenvalue weighted by Gasteiger charge is 2.23. The minimum absolute atomic E-state index is 0.00927. The molecule has 1 aromatic carbocycles. The van der Waals surface area contributed by atoms with E-state index >= 15 is 0 Å². The summed E-state index contributed by atoms with van der Waals surface area (Å²) in [6, 6.07) is 7.66. The van der Waals surface area contributed by atoms with Crippen LogP contribution in [0.3, 0.4) is 0 Å². The number of nitrogens with one attached hydrogen (secondary N) is 1. The number of nitrogens with zero attached hydrogens (tertiary/aromatic N) is 1. The van der Waals surface area contributed by atoms with Gasteiger partial charge in [0.25, 0.3) is 5.91 Å². The molecule has 1 heterocycles. The second-order valence-electron chi connectivity index (χ2n) is 5.26. The Bertz CT molecular complexity index is 441. The average molecular weight is 292 g/mol. The molecule has 0 radical (unpaired) electrons. The number of benzene rings is 1. The van der Waals surface area contributed by atoms with Crippen molar-refractivity contribution in [1.82, 2.24) is 10.2 Å². The number of hydrogen-bond donors (Lipinski definition) is 1. The van der Waals surface area contributed by atoms with E-state index in [4.69, 9.17) is 9.47 Å². The molecule has 21 heavy (non-hydrogen) atoms. The fourth-order valence-electron chi connectivity index (χ4n) is 2.27. The molecule has 0 spiro atoms. The van der Waals surface area contributed by atoms with Gasteiger partial charge in [-0.1, -0.05) is 6.92 Å². The van der Waals surface area contributed by atoms with Crippen LogP contribution in [0, 0.1) is 0 Å². The van der Waals surface area contributed by atoms with Gasteiger partial charge in [-0.15, -0.1) is 0 Å². The Hall–Kier alpha value is -1.75. The number of amides is 1. The molecule has 1 N–H and O–H groups in total. The zero-order valence-corrected chi connectivity index (χ0v) is 12.8. The summed E-state index contributed by atoms with van der Waals surface area (Å²) in [5.41, 5.74) is 0. The Morgan fingerprint density at radius 2 is 1.95 bits per heavy atom. The Kier molecular flexibility index (Phi) is 5.87. The number of carbonyl (C=O) groups is 1. The summed E-state index contributed by atoms with van der Waals surface area (Å²) in [5, 5.41) is 3.26. The van der Waals surface area contributed by atoms with E-state index in [2.05, 4.69) is 12.2 Å². The quantitative estimate of drug-likeness (QED) is 0.830. The molecule has 1 aromatic rings. The van der Waals surface area contributed by atoms with Crippen LogP contribution in [0.4, 0.5) is 0 Å². The van der Waals surface area contributed by atoms with Gasteiger partial charge in [0.2, 0.25) is 0 Å². The standard InChI is InChI=1S/C16H24N2O3/c1-3-10-20-14-4-6-15(7-5-14)21-12-16(19)18(2)13-8-9-17-11-13/h4-7,13,17H,3,8-12H2,1-2H3. The van der Waals surface area contributed by atoms with Crippen molar-refractivity contribution in [3.8, 4) is 11.5 Å². The van der Waals surface area contributed by atoms with Crippen LogP contribution in [0.1, 0.15) is 19.8 Å². The largest absolute Gasteiger partial charge is 0.494 e. The number of hydrogen-bond acceptors (Lipinski definition) is 4. The molecule has 0 saturated carbocycles. The third kappa shape index (κ3) is 4.63. The molecule has 116 valence electrons. The molecule has 1 aliphatic rings. The zero-order valence-electron chi connectivity index (χ0n) is 12.8. The zero-order chi connectivity index (χ0) is 15.1. The molecular formula is C16H24N2O3. The fraction of sp³-hybridized carbons (Fsp3) is 0.562. The highest BCUT2D eigenvalue weighted by atomic mass is 16.5. The summed E-state index contributed by atoms with van der Waals surface area (Å²) >= 11 is 0. The van der Waals surface area contributed by atoms with Crippen LogP contribution in [0.2, 0.25) is 0 Å². The summed E-state index contributed by atoms with van der Waals surface area (Å²) in [6.45, 7) is 4.69. The van der Waals surface area contributed by atoms with E-state index < -0.39 is 0 Å².